The van der Waals surface area contributed by atoms with Crippen molar-refractivity contribution in [3.05, 3.63) is 52.5 Å². The second-order valence-electron chi connectivity index (χ2n) is 5.26. The van der Waals surface area contributed by atoms with Crippen LogP contribution in [0.4, 0.5) is 5.69 Å². The van der Waals surface area contributed by atoms with E-state index < -0.39 is 5.25 Å². The zero-order valence-corrected chi connectivity index (χ0v) is 15.8. The number of tetrazole rings is 1. The molecule has 2 N–H and O–H groups in total. The van der Waals surface area contributed by atoms with E-state index in [1.165, 1.54) is 28.6 Å². The second kappa shape index (κ2) is 7.94. The maximum atomic E-state index is 12.5. The van der Waals surface area contributed by atoms with Crippen LogP contribution in [-0.2, 0) is 4.79 Å². The van der Waals surface area contributed by atoms with Crippen molar-refractivity contribution >= 4 is 46.6 Å². The molecule has 0 aliphatic carbocycles. The molecule has 134 valence electrons. The number of hydrogen-bond donors (Lipinski definition) is 2. The van der Waals surface area contributed by atoms with Crippen molar-refractivity contribution < 1.29 is 9.90 Å². The summed E-state index contributed by atoms with van der Waals surface area (Å²) in [6, 6.07) is 11.2. The van der Waals surface area contributed by atoms with Gasteiger partial charge in [-0.15, -0.1) is 5.10 Å². The summed E-state index contributed by atoms with van der Waals surface area (Å²) in [7, 11) is 0. The smallest absolute Gasteiger partial charge is 0.237 e. The zero-order valence-electron chi connectivity index (χ0n) is 13.4. The quantitative estimate of drug-likeness (QED) is 0.622. The number of rotatable bonds is 5. The first-order valence-corrected chi connectivity index (χ1v) is 9.08. The van der Waals surface area contributed by atoms with Gasteiger partial charge in [-0.05, 0) is 59.8 Å². The molecule has 0 saturated heterocycles. The molecule has 3 aromatic rings. The van der Waals surface area contributed by atoms with Gasteiger partial charge in [0.15, 0.2) is 0 Å². The highest BCUT2D eigenvalue weighted by molar-refractivity contribution is 8.00. The van der Waals surface area contributed by atoms with Crippen molar-refractivity contribution in [3.63, 3.8) is 0 Å². The van der Waals surface area contributed by atoms with Gasteiger partial charge >= 0.3 is 0 Å². The van der Waals surface area contributed by atoms with Crippen LogP contribution < -0.4 is 5.32 Å². The Morgan fingerprint density at radius 3 is 2.69 bits per heavy atom. The summed E-state index contributed by atoms with van der Waals surface area (Å²) in [5.41, 5.74) is 1.11. The first-order chi connectivity index (χ1) is 12.4. The number of halogens is 2. The van der Waals surface area contributed by atoms with Crippen molar-refractivity contribution in [2.75, 3.05) is 5.32 Å². The maximum Gasteiger partial charge on any atom is 0.237 e. The summed E-state index contributed by atoms with van der Waals surface area (Å²) in [5, 5.41) is 24.5. The Morgan fingerprint density at radius 2 is 1.96 bits per heavy atom. The summed E-state index contributed by atoms with van der Waals surface area (Å²) < 4.78 is 1.49. The molecule has 0 radical (unpaired) electrons. The summed E-state index contributed by atoms with van der Waals surface area (Å²) in [6.07, 6.45) is 0. The first kappa shape index (κ1) is 18.5. The third kappa shape index (κ3) is 4.27. The largest absolute Gasteiger partial charge is 0.508 e. The molecule has 0 spiro atoms. The van der Waals surface area contributed by atoms with Gasteiger partial charge in [-0.1, -0.05) is 35.0 Å². The summed E-state index contributed by atoms with van der Waals surface area (Å²) in [6.45, 7) is 1.73. The number of nitrogens with zero attached hydrogens (tertiary/aromatic N) is 4. The lowest BCUT2D eigenvalue weighted by molar-refractivity contribution is -0.115. The van der Waals surface area contributed by atoms with Crippen LogP contribution in [0.2, 0.25) is 10.0 Å². The van der Waals surface area contributed by atoms with Crippen LogP contribution in [0.3, 0.4) is 0 Å². The molecule has 0 fully saturated rings. The first-order valence-electron chi connectivity index (χ1n) is 7.44. The Bertz CT molecular complexity index is 933. The number of phenolic OH excluding ortho intramolecular Hbond substituents is 1. The fraction of sp³-hybridized carbons (Fsp3) is 0.125. The molecule has 0 aliphatic heterocycles. The van der Waals surface area contributed by atoms with Gasteiger partial charge < -0.3 is 10.4 Å². The predicted octanol–water partition coefficient (Wildman–Crippen LogP) is 3.79. The van der Waals surface area contributed by atoms with Gasteiger partial charge in [0.1, 0.15) is 5.75 Å². The third-order valence-electron chi connectivity index (χ3n) is 3.37. The molecule has 1 aromatic heterocycles. The van der Waals surface area contributed by atoms with Crippen LogP contribution in [0, 0.1) is 0 Å². The van der Waals surface area contributed by atoms with Crippen molar-refractivity contribution in [1.82, 2.24) is 20.2 Å². The van der Waals surface area contributed by atoms with Crippen molar-refractivity contribution in [3.8, 4) is 11.4 Å². The van der Waals surface area contributed by atoms with Gasteiger partial charge in [0.25, 0.3) is 0 Å². The SMILES string of the molecule is CC(Sc1nnnn1-c1ccc(O)cc1)C(=O)Nc1cc(Cl)ccc1Cl. The van der Waals surface area contributed by atoms with E-state index in [-0.39, 0.29) is 11.7 Å². The average Bonchev–Trinajstić information content (AvgIpc) is 3.07. The third-order valence-corrected chi connectivity index (χ3v) is 4.97. The van der Waals surface area contributed by atoms with Crippen LogP contribution in [0.5, 0.6) is 5.75 Å². The lowest BCUT2D eigenvalue weighted by Crippen LogP contribution is -2.23. The van der Waals surface area contributed by atoms with Gasteiger partial charge in [0.05, 0.1) is 21.6 Å². The molecule has 1 heterocycles. The molecule has 2 aromatic carbocycles. The van der Waals surface area contributed by atoms with Gasteiger partial charge in [-0.3, -0.25) is 4.79 Å². The van der Waals surface area contributed by atoms with E-state index in [0.717, 1.165) is 0 Å². The second-order valence-corrected chi connectivity index (χ2v) is 7.41. The molecular weight excluding hydrogens is 397 g/mol. The number of carbonyl (C=O) groups is 1. The number of benzene rings is 2. The highest BCUT2D eigenvalue weighted by Gasteiger charge is 2.20. The van der Waals surface area contributed by atoms with Crippen LogP contribution in [-0.4, -0.2) is 36.5 Å². The molecule has 26 heavy (non-hydrogen) atoms. The standard InChI is InChI=1S/C16H13Cl2N5O2S/c1-9(15(25)19-14-8-10(17)2-7-13(14)18)26-16-20-21-22-23(16)11-3-5-12(24)6-4-11/h2-9,24H,1H3,(H,19,25). The minimum Gasteiger partial charge on any atom is -0.508 e. The van der Waals surface area contributed by atoms with E-state index in [9.17, 15) is 9.90 Å². The molecule has 0 saturated carbocycles. The molecule has 7 nitrogen and oxygen atoms in total. The molecule has 1 atom stereocenters. The van der Waals surface area contributed by atoms with E-state index in [1.807, 2.05) is 0 Å². The highest BCUT2D eigenvalue weighted by Crippen LogP contribution is 2.28. The summed E-state index contributed by atoms with van der Waals surface area (Å²) >= 11 is 13.2. The maximum absolute atomic E-state index is 12.5. The molecule has 1 amide bonds. The van der Waals surface area contributed by atoms with Crippen molar-refractivity contribution in [1.29, 1.82) is 0 Å². The normalized spacial score (nSPS) is 12.0. The number of phenols is 1. The number of hydrogen-bond acceptors (Lipinski definition) is 6. The van der Waals surface area contributed by atoms with E-state index in [4.69, 9.17) is 23.2 Å². The van der Waals surface area contributed by atoms with E-state index in [0.29, 0.717) is 26.6 Å². The van der Waals surface area contributed by atoms with Crippen LogP contribution in [0.15, 0.2) is 47.6 Å². The Balaban J connectivity index is 1.73. The van der Waals surface area contributed by atoms with Crippen molar-refractivity contribution in [2.24, 2.45) is 0 Å². The monoisotopic (exact) mass is 409 g/mol. The van der Waals surface area contributed by atoms with E-state index >= 15 is 0 Å². The minimum atomic E-state index is -0.494. The number of aromatic hydroxyl groups is 1. The van der Waals surface area contributed by atoms with E-state index in [1.54, 1.807) is 37.3 Å². The number of anilines is 1. The summed E-state index contributed by atoms with van der Waals surface area (Å²) in [4.78, 5) is 12.5. The number of thioether (sulfide) groups is 1. The topological polar surface area (TPSA) is 92.9 Å². The van der Waals surface area contributed by atoms with Crippen molar-refractivity contribution in [2.45, 2.75) is 17.3 Å². The van der Waals surface area contributed by atoms with Gasteiger partial charge in [-0.25, -0.2) is 0 Å². The Hall–Kier alpha value is -2.29. The van der Waals surface area contributed by atoms with Gasteiger partial charge in [0.2, 0.25) is 11.1 Å². The number of carbonyl (C=O) groups excluding carboxylic acids is 1. The van der Waals surface area contributed by atoms with Crippen LogP contribution in [0.25, 0.3) is 5.69 Å². The zero-order chi connectivity index (χ0) is 18.7. The molecule has 10 heteroatoms. The lowest BCUT2D eigenvalue weighted by Gasteiger charge is -2.13. The minimum absolute atomic E-state index is 0.141. The fourth-order valence-corrected chi connectivity index (χ4v) is 3.19. The number of amides is 1. The van der Waals surface area contributed by atoms with Crippen LogP contribution >= 0.6 is 35.0 Å². The van der Waals surface area contributed by atoms with E-state index in [2.05, 4.69) is 20.8 Å². The Labute approximate surface area is 163 Å². The number of aromatic nitrogens is 4. The Kier molecular flexibility index (Phi) is 5.65. The molecule has 0 bridgehead atoms. The molecule has 1 unspecified atom stereocenters. The number of nitrogens with one attached hydrogen (secondary N) is 1. The summed E-state index contributed by atoms with van der Waals surface area (Å²) in [5.74, 6) is -0.124. The highest BCUT2D eigenvalue weighted by atomic mass is 35.5. The fourth-order valence-electron chi connectivity index (χ4n) is 2.05. The molecule has 0 aliphatic rings. The lowest BCUT2D eigenvalue weighted by atomic mass is 10.3. The molecule has 3 rings (SSSR count). The predicted molar refractivity (Wildman–Crippen MR) is 101 cm³/mol. The average molecular weight is 410 g/mol. The van der Waals surface area contributed by atoms with Gasteiger partial charge in [0, 0.05) is 5.02 Å². The van der Waals surface area contributed by atoms with Gasteiger partial charge in [-0.2, -0.15) is 4.68 Å². The Morgan fingerprint density at radius 1 is 1.23 bits per heavy atom. The molecular formula is C16H13Cl2N5O2S. The van der Waals surface area contributed by atoms with Crippen LogP contribution in [0.1, 0.15) is 6.92 Å².